The van der Waals surface area contributed by atoms with E-state index in [2.05, 4.69) is 26.6 Å². The molecule has 0 unspecified atom stereocenters. The highest BCUT2D eigenvalue weighted by Crippen LogP contribution is 2.41. The Bertz CT molecular complexity index is 2450. The zero-order valence-electron chi connectivity index (χ0n) is 31.0. The molecule has 1 aromatic heterocycles. The Hall–Kier alpha value is -6.67. The van der Waals surface area contributed by atoms with Gasteiger partial charge in [-0.05, 0) is 71.1 Å². The van der Waals surface area contributed by atoms with E-state index in [1.165, 1.54) is 59.0 Å². The number of nitro benzene ring substituents is 1. The highest BCUT2D eigenvalue weighted by atomic mass is 19.1. The van der Waals surface area contributed by atoms with E-state index < -0.39 is 58.4 Å². The van der Waals surface area contributed by atoms with Gasteiger partial charge in [0.25, 0.3) is 11.6 Å². The molecule has 2 aliphatic heterocycles. The molecule has 0 radical (unpaired) electrons. The number of hydrogen-bond acceptors (Lipinski definition) is 7. The molecule has 5 atom stereocenters. The molecule has 3 aliphatic rings. The standard InChI is InChI=1S/C43H40FN7O6/c1-49-23-28(19-32-31-6-4-7-33-39(31)27(22-46-33)21-37(32)49)41(53)47-34(17-25-11-15-30(16-12-25)51(56)57)42(54)48-35(18-24-9-13-29(44)14-10-24)43(55)50-36-8-3-2-5-26(36)20-38(50)40(45)52/h2-16,19,22,28,34-35,37-38,46H,17-18,20-21,23H2,1H3,(H2,45,52)(H,47,53)(H,48,54)/t28-,34+,35+,37-,38+/m1/s1. The molecule has 57 heavy (non-hydrogen) atoms. The van der Waals surface area contributed by atoms with Gasteiger partial charge in [0, 0.05) is 66.8 Å². The molecule has 1 aliphatic carbocycles. The van der Waals surface area contributed by atoms with E-state index in [0.717, 1.165) is 34.0 Å². The topological polar surface area (TPSA) is 184 Å². The minimum absolute atomic E-state index is 0.0559. The third-order valence-corrected chi connectivity index (χ3v) is 11.3. The van der Waals surface area contributed by atoms with E-state index in [1.54, 1.807) is 24.3 Å². The summed E-state index contributed by atoms with van der Waals surface area (Å²) in [6.07, 6.45) is 4.85. The van der Waals surface area contributed by atoms with Crippen molar-refractivity contribution in [1.29, 1.82) is 0 Å². The van der Waals surface area contributed by atoms with Gasteiger partial charge in [0.05, 0.1) is 10.8 Å². The molecule has 290 valence electrons. The lowest BCUT2D eigenvalue weighted by molar-refractivity contribution is -0.384. The highest BCUT2D eigenvalue weighted by Gasteiger charge is 2.42. The van der Waals surface area contributed by atoms with Crippen molar-refractivity contribution in [2.45, 2.75) is 49.9 Å². The summed E-state index contributed by atoms with van der Waals surface area (Å²) in [7, 11) is 1.97. The fourth-order valence-electron chi connectivity index (χ4n) is 8.47. The zero-order valence-corrected chi connectivity index (χ0v) is 31.0. The molecule has 5 aromatic rings. The SMILES string of the molecule is CN1C[C@H](C(=O)N[C@@H](Cc2ccc([N+](=O)[O-])cc2)C(=O)N[C@@H](Cc2ccc(F)cc2)C(=O)N2c3ccccc3C[C@H]2C(N)=O)C=C2c3cccc4[nH]cc(c34)C[C@H]21. The van der Waals surface area contributed by atoms with Gasteiger partial charge >= 0.3 is 0 Å². The van der Waals surface area contributed by atoms with Crippen molar-refractivity contribution in [1.82, 2.24) is 20.5 Å². The van der Waals surface area contributed by atoms with Crippen LogP contribution < -0.4 is 21.3 Å². The summed E-state index contributed by atoms with van der Waals surface area (Å²) in [6, 6.07) is 20.8. The number of amides is 4. The lowest BCUT2D eigenvalue weighted by Crippen LogP contribution is -2.58. The number of carbonyl (C=O) groups excluding carboxylic acids is 4. The number of aromatic nitrogens is 1. The smallest absolute Gasteiger partial charge is 0.269 e. The number of likely N-dealkylation sites (N-methyl/N-ethyl adjacent to an activating group) is 1. The second-order valence-corrected chi connectivity index (χ2v) is 15.0. The monoisotopic (exact) mass is 769 g/mol. The van der Waals surface area contributed by atoms with Crippen LogP contribution in [0.15, 0.2) is 103 Å². The van der Waals surface area contributed by atoms with E-state index >= 15 is 0 Å². The zero-order chi connectivity index (χ0) is 40.0. The molecule has 3 heterocycles. The molecule has 4 aromatic carbocycles. The van der Waals surface area contributed by atoms with E-state index in [9.17, 15) is 33.7 Å². The first-order valence-corrected chi connectivity index (χ1v) is 18.7. The number of nitro groups is 1. The third-order valence-electron chi connectivity index (χ3n) is 11.3. The first kappa shape index (κ1) is 37.3. The van der Waals surface area contributed by atoms with Gasteiger partial charge in [0.2, 0.25) is 17.7 Å². The van der Waals surface area contributed by atoms with Crippen LogP contribution in [0, 0.1) is 21.8 Å². The van der Waals surface area contributed by atoms with Gasteiger partial charge in [-0.1, -0.05) is 60.7 Å². The number of H-pyrrole nitrogens is 1. The van der Waals surface area contributed by atoms with Gasteiger partial charge in [-0.25, -0.2) is 4.39 Å². The molecule has 4 amide bonds. The number of benzene rings is 4. The average molecular weight is 770 g/mol. The Morgan fingerprint density at radius 1 is 0.895 bits per heavy atom. The minimum Gasteiger partial charge on any atom is -0.368 e. The summed E-state index contributed by atoms with van der Waals surface area (Å²) in [4.78, 5) is 73.7. The minimum atomic E-state index is -1.27. The van der Waals surface area contributed by atoms with Crippen molar-refractivity contribution in [3.05, 3.63) is 147 Å². The van der Waals surface area contributed by atoms with Crippen molar-refractivity contribution < 1.29 is 28.5 Å². The molecule has 0 saturated carbocycles. The molecule has 5 N–H and O–H groups in total. The maximum Gasteiger partial charge on any atom is 0.269 e. The molecule has 13 nitrogen and oxygen atoms in total. The van der Waals surface area contributed by atoms with Crippen molar-refractivity contribution in [2.24, 2.45) is 11.7 Å². The summed E-state index contributed by atoms with van der Waals surface area (Å²) in [5, 5.41) is 18.3. The lowest BCUT2D eigenvalue weighted by atomic mass is 9.79. The molecular formula is C43H40FN7O6. The highest BCUT2D eigenvalue weighted by molar-refractivity contribution is 6.07. The van der Waals surface area contributed by atoms with Crippen LogP contribution in [0.3, 0.4) is 0 Å². The average Bonchev–Trinajstić information content (AvgIpc) is 3.81. The molecule has 0 saturated heterocycles. The quantitative estimate of drug-likeness (QED) is 0.116. The summed E-state index contributed by atoms with van der Waals surface area (Å²) in [6.45, 7) is 0.385. The van der Waals surface area contributed by atoms with Crippen LogP contribution in [0.2, 0.25) is 0 Å². The van der Waals surface area contributed by atoms with Crippen LogP contribution in [-0.2, 0) is 44.9 Å². The third kappa shape index (κ3) is 7.27. The molecule has 8 rings (SSSR count). The van der Waals surface area contributed by atoms with E-state index in [0.29, 0.717) is 23.4 Å². The maximum atomic E-state index is 14.6. The number of nitrogens with two attached hydrogens (primary N) is 1. The van der Waals surface area contributed by atoms with E-state index in [1.807, 2.05) is 31.5 Å². The number of anilines is 1. The van der Waals surface area contributed by atoms with Crippen LogP contribution >= 0.6 is 0 Å². The summed E-state index contributed by atoms with van der Waals surface area (Å²) in [5.41, 5.74) is 12.2. The fourth-order valence-corrected chi connectivity index (χ4v) is 8.47. The summed E-state index contributed by atoms with van der Waals surface area (Å²) >= 11 is 0. The number of aromatic amines is 1. The number of primary amides is 1. The van der Waals surface area contributed by atoms with Gasteiger partial charge in [-0.15, -0.1) is 0 Å². The van der Waals surface area contributed by atoms with Crippen molar-refractivity contribution in [3.63, 3.8) is 0 Å². The normalized spacial score (nSPS) is 19.5. The van der Waals surface area contributed by atoms with E-state index in [4.69, 9.17) is 5.73 Å². The van der Waals surface area contributed by atoms with Crippen LogP contribution in [-0.4, -0.2) is 76.2 Å². The van der Waals surface area contributed by atoms with Gasteiger partial charge < -0.3 is 21.4 Å². The van der Waals surface area contributed by atoms with Crippen LogP contribution in [0.4, 0.5) is 15.8 Å². The Labute approximate surface area is 326 Å². The predicted octanol–water partition coefficient (Wildman–Crippen LogP) is 3.98. The number of hydrogen-bond donors (Lipinski definition) is 4. The van der Waals surface area contributed by atoms with Gasteiger partial charge in [0.1, 0.15) is 23.9 Å². The Balaban J connectivity index is 1.11. The van der Waals surface area contributed by atoms with Crippen LogP contribution in [0.5, 0.6) is 0 Å². The number of nitrogens with zero attached hydrogens (tertiary/aromatic N) is 3. The van der Waals surface area contributed by atoms with Gasteiger partial charge in [-0.3, -0.25) is 39.1 Å². The van der Waals surface area contributed by atoms with Crippen molar-refractivity contribution in [2.75, 3.05) is 18.5 Å². The molecular weight excluding hydrogens is 730 g/mol. The summed E-state index contributed by atoms with van der Waals surface area (Å²) < 4.78 is 13.9. The van der Waals surface area contributed by atoms with Crippen LogP contribution in [0.1, 0.15) is 27.8 Å². The Kier molecular flexibility index (Phi) is 9.88. The first-order chi connectivity index (χ1) is 27.4. The Morgan fingerprint density at radius 2 is 1.60 bits per heavy atom. The number of carbonyl (C=O) groups is 4. The number of halogens is 1. The number of rotatable bonds is 11. The number of nitrogens with one attached hydrogen (secondary N) is 3. The number of para-hydroxylation sites is 1. The van der Waals surface area contributed by atoms with Gasteiger partial charge in [-0.2, -0.15) is 0 Å². The second-order valence-electron chi connectivity index (χ2n) is 15.0. The van der Waals surface area contributed by atoms with E-state index in [-0.39, 0.29) is 31.0 Å². The largest absolute Gasteiger partial charge is 0.368 e. The van der Waals surface area contributed by atoms with Crippen molar-refractivity contribution >= 4 is 51.5 Å². The number of fused-ring (bicyclic) bond motifs is 3. The fraction of sp³-hybridized carbons (Fsp3) is 0.256. The van der Waals surface area contributed by atoms with Crippen molar-refractivity contribution in [3.8, 4) is 0 Å². The van der Waals surface area contributed by atoms with Gasteiger partial charge in [0.15, 0.2) is 0 Å². The lowest BCUT2D eigenvalue weighted by Gasteiger charge is -2.39. The maximum absolute atomic E-state index is 14.6. The predicted molar refractivity (Wildman–Crippen MR) is 211 cm³/mol. The molecule has 14 heteroatoms. The molecule has 0 bridgehead atoms. The first-order valence-electron chi connectivity index (χ1n) is 18.7. The summed E-state index contributed by atoms with van der Waals surface area (Å²) in [5.74, 6) is -3.55. The Morgan fingerprint density at radius 3 is 2.32 bits per heavy atom. The molecule has 0 spiro atoms. The number of non-ortho nitro benzene ring substituents is 1. The second kappa shape index (κ2) is 15.1. The van der Waals surface area contributed by atoms with Crippen LogP contribution in [0.25, 0.3) is 16.5 Å². The molecule has 0 fully saturated rings.